The summed E-state index contributed by atoms with van der Waals surface area (Å²) in [6, 6.07) is 23.4. The molecule has 0 bridgehead atoms. The lowest BCUT2D eigenvalue weighted by atomic mass is 10.2. The molecule has 156 valence electrons. The fraction of sp³-hybridized carbons (Fsp3) is 0.0870. The molecule has 5 nitrogen and oxygen atoms in total. The number of aromatic nitrogens is 2. The number of halogens is 2. The van der Waals surface area contributed by atoms with E-state index in [2.05, 4.69) is 31.0 Å². The minimum absolute atomic E-state index is 0.193. The number of benzene rings is 3. The topological polar surface area (TPSA) is 59.3 Å². The highest BCUT2D eigenvalue weighted by Crippen LogP contribution is 2.25. The molecule has 0 atom stereocenters. The lowest BCUT2D eigenvalue weighted by Gasteiger charge is -2.09. The van der Waals surface area contributed by atoms with Crippen LogP contribution in [0.4, 0.5) is 0 Å². The van der Waals surface area contributed by atoms with Crippen LogP contribution in [0.2, 0.25) is 5.02 Å². The highest BCUT2D eigenvalue weighted by atomic mass is 79.9. The minimum Gasteiger partial charge on any atom is -0.314 e. The van der Waals surface area contributed by atoms with Gasteiger partial charge in [-0.3, -0.25) is 4.79 Å². The standard InChI is InChI=1S/C23H18BrClN4OS/c24-18-5-3-4-17(12-18)13-26-28-22(30)15-31-23-27-20-6-1-2-7-21(20)29(23)14-16-8-10-19(25)11-9-16/h1-13H,14-15H2,(H,28,30). The maximum atomic E-state index is 12.3. The molecule has 0 saturated heterocycles. The lowest BCUT2D eigenvalue weighted by Crippen LogP contribution is -2.20. The summed E-state index contributed by atoms with van der Waals surface area (Å²) in [5, 5.41) is 5.52. The zero-order valence-electron chi connectivity index (χ0n) is 16.3. The van der Waals surface area contributed by atoms with E-state index in [0.29, 0.717) is 11.6 Å². The molecule has 1 heterocycles. The van der Waals surface area contributed by atoms with E-state index in [1.165, 1.54) is 11.8 Å². The maximum Gasteiger partial charge on any atom is 0.250 e. The number of thioether (sulfide) groups is 1. The molecule has 1 N–H and O–H groups in total. The number of amides is 1. The first-order chi connectivity index (χ1) is 15.1. The zero-order valence-corrected chi connectivity index (χ0v) is 19.5. The molecule has 0 spiro atoms. The molecule has 0 radical (unpaired) electrons. The first-order valence-electron chi connectivity index (χ1n) is 9.48. The fourth-order valence-corrected chi connectivity index (χ4v) is 4.37. The minimum atomic E-state index is -0.193. The van der Waals surface area contributed by atoms with E-state index in [0.717, 1.165) is 31.8 Å². The summed E-state index contributed by atoms with van der Waals surface area (Å²) in [6.45, 7) is 0.642. The maximum absolute atomic E-state index is 12.3. The molecule has 0 fully saturated rings. The lowest BCUT2D eigenvalue weighted by molar-refractivity contribution is -0.118. The van der Waals surface area contributed by atoms with Crippen molar-refractivity contribution >= 4 is 62.4 Å². The molecule has 1 aromatic heterocycles. The average molecular weight is 514 g/mol. The molecule has 0 aliphatic heterocycles. The molecule has 0 aliphatic rings. The summed E-state index contributed by atoms with van der Waals surface area (Å²) >= 11 is 10.8. The van der Waals surface area contributed by atoms with E-state index in [1.54, 1.807) is 6.21 Å². The van der Waals surface area contributed by atoms with Crippen molar-refractivity contribution in [3.8, 4) is 0 Å². The van der Waals surface area contributed by atoms with Gasteiger partial charge in [-0.15, -0.1) is 0 Å². The first kappa shape index (κ1) is 21.6. The van der Waals surface area contributed by atoms with Crippen molar-refractivity contribution in [1.82, 2.24) is 15.0 Å². The molecule has 0 saturated carbocycles. The number of fused-ring (bicyclic) bond motifs is 1. The van der Waals surface area contributed by atoms with E-state index in [-0.39, 0.29) is 11.7 Å². The Morgan fingerprint density at radius 2 is 1.94 bits per heavy atom. The van der Waals surface area contributed by atoms with Crippen molar-refractivity contribution < 1.29 is 4.79 Å². The van der Waals surface area contributed by atoms with E-state index < -0.39 is 0 Å². The highest BCUT2D eigenvalue weighted by Gasteiger charge is 2.13. The van der Waals surface area contributed by atoms with Crippen molar-refractivity contribution in [3.05, 3.63) is 93.4 Å². The predicted molar refractivity (Wildman–Crippen MR) is 131 cm³/mol. The molecule has 4 aromatic rings. The van der Waals surface area contributed by atoms with Crippen LogP contribution in [0, 0.1) is 0 Å². The number of nitrogens with zero attached hydrogens (tertiary/aromatic N) is 3. The van der Waals surface area contributed by atoms with Gasteiger partial charge in [0.05, 0.1) is 29.5 Å². The Bertz CT molecular complexity index is 1240. The Morgan fingerprint density at radius 3 is 2.74 bits per heavy atom. The third-order valence-corrected chi connectivity index (χ3v) is 6.18. The van der Waals surface area contributed by atoms with Gasteiger partial charge in [-0.2, -0.15) is 5.10 Å². The Morgan fingerprint density at radius 1 is 1.13 bits per heavy atom. The second-order valence-electron chi connectivity index (χ2n) is 6.73. The van der Waals surface area contributed by atoms with Gasteiger partial charge in [-0.25, -0.2) is 10.4 Å². The number of para-hydroxylation sites is 2. The van der Waals surface area contributed by atoms with E-state index in [4.69, 9.17) is 16.6 Å². The van der Waals surface area contributed by atoms with E-state index in [1.807, 2.05) is 72.8 Å². The van der Waals surface area contributed by atoms with Crippen molar-refractivity contribution in [1.29, 1.82) is 0 Å². The molecular weight excluding hydrogens is 496 g/mol. The monoisotopic (exact) mass is 512 g/mol. The zero-order chi connectivity index (χ0) is 21.6. The normalized spacial score (nSPS) is 11.3. The number of hydrogen-bond acceptors (Lipinski definition) is 4. The molecule has 0 unspecified atom stereocenters. The summed E-state index contributed by atoms with van der Waals surface area (Å²) in [5.74, 6) is 0.0149. The molecule has 3 aromatic carbocycles. The molecule has 0 aliphatic carbocycles. The van der Waals surface area contributed by atoms with Crippen molar-refractivity contribution in [2.24, 2.45) is 5.10 Å². The molecule has 4 rings (SSSR count). The van der Waals surface area contributed by atoms with Crippen LogP contribution in [0.25, 0.3) is 11.0 Å². The Labute approximate surface area is 197 Å². The quantitative estimate of drug-likeness (QED) is 0.195. The number of carbonyl (C=O) groups is 1. The van der Waals surface area contributed by atoms with Gasteiger partial charge in [-0.1, -0.05) is 75.7 Å². The van der Waals surface area contributed by atoms with Crippen LogP contribution in [0.5, 0.6) is 0 Å². The van der Waals surface area contributed by atoms with Crippen LogP contribution in [0.15, 0.2) is 87.5 Å². The van der Waals surface area contributed by atoms with Crippen LogP contribution < -0.4 is 5.43 Å². The van der Waals surface area contributed by atoms with Crippen molar-refractivity contribution in [2.75, 3.05) is 5.75 Å². The number of hydrogen-bond donors (Lipinski definition) is 1. The van der Waals surface area contributed by atoms with Gasteiger partial charge >= 0.3 is 0 Å². The second kappa shape index (κ2) is 10.1. The number of rotatable bonds is 7. The highest BCUT2D eigenvalue weighted by molar-refractivity contribution is 9.10. The van der Waals surface area contributed by atoms with Gasteiger partial charge in [0.25, 0.3) is 5.91 Å². The van der Waals surface area contributed by atoms with Crippen LogP contribution in [-0.2, 0) is 11.3 Å². The largest absolute Gasteiger partial charge is 0.314 e. The van der Waals surface area contributed by atoms with E-state index in [9.17, 15) is 4.79 Å². The van der Waals surface area contributed by atoms with Gasteiger partial charge in [0.2, 0.25) is 0 Å². The summed E-state index contributed by atoms with van der Waals surface area (Å²) in [5.41, 5.74) is 6.49. The van der Waals surface area contributed by atoms with Gasteiger partial charge in [-0.05, 0) is 47.5 Å². The summed E-state index contributed by atoms with van der Waals surface area (Å²) in [4.78, 5) is 17.0. The summed E-state index contributed by atoms with van der Waals surface area (Å²) in [7, 11) is 0. The fourth-order valence-electron chi connectivity index (χ4n) is 3.02. The number of nitrogens with one attached hydrogen (secondary N) is 1. The van der Waals surface area contributed by atoms with Crippen LogP contribution >= 0.6 is 39.3 Å². The molecular formula is C23H18BrClN4OS. The molecule has 31 heavy (non-hydrogen) atoms. The van der Waals surface area contributed by atoms with Crippen molar-refractivity contribution in [2.45, 2.75) is 11.7 Å². The summed E-state index contributed by atoms with van der Waals surface area (Å²) < 4.78 is 3.07. The molecule has 8 heteroatoms. The van der Waals surface area contributed by atoms with Crippen LogP contribution in [-0.4, -0.2) is 27.4 Å². The van der Waals surface area contributed by atoms with Gasteiger partial charge in [0.1, 0.15) is 0 Å². The Kier molecular flexibility index (Phi) is 7.06. The van der Waals surface area contributed by atoms with Crippen molar-refractivity contribution in [3.63, 3.8) is 0 Å². The average Bonchev–Trinajstić information content (AvgIpc) is 3.11. The second-order valence-corrected chi connectivity index (χ2v) is 9.03. The van der Waals surface area contributed by atoms with E-state index >= 15 is 0 Å². The van der Waals surface area contributed by atoms with Gasteiger partial charge in [0.15, 0.2) is 5.16 Å². The number of carbonyl (C=O) groups excluding carboxylic acids is 1. The number of imidazole rings is 1. The van der Waals surface area contributed by atoms with Crippen LogP contribution in [0.1, 0.15) is 11.1 Å². The first-order valence-corrected chi connectivity index (χ1v) is 11.6. The third kappa shape index (κ3) is 5.76. The van der Waals surface area contributed by atoms with Gasteiger partial charge < -0.3 is 4.57 Å². The van der Waals surface area contributed by atoms with Crippen LogP contribution in [0.3, 0.4) is 0 Å². The molecule has 1 amide bonds. The smallest absolute Gasteiger partial charge is 0.250 e. The summed E-state index contributed by atoms with van der Waals surface area (Å²) in [6.07, 6.45) is 1.61. The predicted octanol–water partition coefficient (Wildman–Crippen LogP) is 5.74. The Hall–Kier alpha value is -2.61. The van der Waals surface area contributed by atoms with Gasteiger partial charge in [0, 0.05) is 9.50 Å². The SMILES string of the molecule is O=C(CSc1nc2ccccc2n1Cc1ccc(Cl)cc1)NN=Cc1cccc(Br)c1. The third-order valence-electron chi connectivity index (χ3n) is 4.46. The number of hydrazone groups is 1. The Balaban J connectivity index is 1.45.